The lowest BCUT2D eigenvalue weighted by atomic mass is 10.2. The molecule has 2 rings (SSSR count). The van der Waals surface area contributed by atoms with Crippen molar-refractivity contribution in [1.82, 2.24) is 4.90 Å². The van der Waals surface area contributed by atoms with Gasteiger partial charge in [0.2, 0.25) is 5.91 Å². The first-order valence-corrected chi connectivity index (χ1v) is 7.99. The SMILES string of the molecule is CC(=O)N(C)Cc1cccc(NC(=O)c2csc(Br)c2)c1. The van der Waals surface area contributed by atoms with Gasteiger partial charge in [0.1, 0.15) is 0 Å². The Balaban J connectivity index is 2.07. The number of rotatable bonds is 4. The lowest BCUT2D eigenvalue weighted by Gasteiger charge is -2.15. The molecule has 0 saturated carbocycles. The van der Waals surface area contributed by atoms with Crippen molar-refractivity contribution in [2.75, 3.05) is 12.4 Å². The standard InChI is InChI=1S/C15H15BrN2O2S/c1-10(19)18(2)8-11-4-3-5-13(6-11)17-15(20)12-7-14(16)21-9-12/h3-7,9H,8H2,1-2H3,(H,17,20). The van der Waals surface area contributed by atoms with E-state index in [1.54, 1.807) is 23.4 Å². The first kappa shape index (κ1) is 15.7. The fraction of sp³-hybridized carbons (Fsp3) is 0.200. The number of carbonyl (C=O) groups excluding carboxylic acids is 2. The molecule has 2 amide bonds. The van der Waals surface area contributed by atoms with Crippen LogP contribution in [0.25, 0.3) is 0 Å². The van der Waals surface area contributed by atoms with E-state index in [9.17, 15) is 9.59 Å². The van der Waals surface area contributed by atoms with Gasteiger partial charge in [0, 0.05) is 31.6 Å². The van der Waals surface area contributed by atoms with Crippen molar-refractivity contribution in [2.45, 2.75) is 13.5 Å². The lowest BCUT2D eigenvalue weighted by molar-refractivity contribution is -0.128. The second-order valence-corrected chi connectivity index (χ2v) is 6.96. The summed E-state index contributed by atoms with van der Waals surface area (Å²) in [4.78, 5) is 25.0. The summed E-state index contributed by atoms with van der Waals surface area (Å²) >= 11 is 4.81. The van der Waals surface area contributed by atoms with Crippen molar-refractivity contribution in [1.29, 1.82) is 0 Å². The molecule has 0 aliphatic carbocycles. The number of thiophene rings is 1. The van der Waals surface area contributed by atoms with Crippen LogP contribution in [-0.4, -0.2) is 23.8 Å². The molecular weight excluding hydrogens is 352 g/mol. The Labute approximate surface area is 135 Å². The molecular formula is C15H15BrN2O2S. The van der Waals surface area contributed by atoms with Gasteiger partial charge in [-0.15, -0.1) is 11.3 Å². The minimum Gasteiger partial charge on any atom is -0.342 e. The van der Waals surface area contributed by atoms with E-state index in [1.165, 1.54) is 18.3 Å². The third kappa shape index (κ3) is 4.41. The van der Waals surface area contributed by atoms with E-state index < -0.39 is 0 Å². The molecule has 0 unspecified atom stereocenters. The predicted octanol–water partition coefficient (Wildman–Crippen LogP) is 3.74. The smallest absolute Gasteiger partial charge is 0.256 e. The third-order valence-electron chi connectivity index (χ3n) is 2.97. The third-order valence-corrected chi connectivity index (χ3v) is 4.48. The Morgan fingerprint density at radius 2 is 2.10 bits per heavy atom. The topological polar surface area (TPSA) is 49.4 Å². The second kappa shape index (κ2) is 6.87. The average Bonchev–Trinajstić information content (AvgIpc) is 2.86. The number of nitrogens with one attached hydrogen (secondary N) is 1. The molecule has 1 aromatic carbocycles. The molecule has 2 aromatic rings. The van der Waals surface area contributed by atoms with Crippen LogP contribution in [0.4, 0.5) is 5.69 Å². The van der Waals surface area contributed by atoms with Crippen molar-refractivity contribution in [2.24, 2.45) is 0 Å². The zero-order valence-corrected chi connectivity index (χ0v) is 14.1. The average molecular weight is 367 g/mol. The van der Waals surface area contributed by atoms with E-state index in [2.05, 4.69) is 21.2 Å². The molecule has 4 nitrogen and oxygen atoms in total. The molecule has 1 N–H and O–H groups in total. The zero-order valence-electron chi connectivity index (χ0n) is 11.7. The number of amides is 2. The van der Waals surface area contributed by atoms with Crippen LogP contribution in [0.5, 0.6) is 0 Å². The molecule has 6 heteroatoms. The number of hydrogen-bond donors (Lipinski definition) is 1. The first-order valence-electron chi connectivity index (χ1n) is 6.32. The number of benzene rings is 1. The molecule has 0 atom stereocenters. The van der Waals surface area contributed by atoms with E-state index in [1.807, 2.05) is 24.3 Å². The molecule has 0 aliphatic rings. The van der Waals surface area contributed by atoms with Gasteiger partial charge in [-0.2, -0.15) is 0 Å². The van der Waals surface area contributed by atoms with Crippen LogP contribution in [0.3, 0.4) is 0 Å². The van der Waals surface area contributed by atoms with Gasteiger partial charge in [-0.3, -0.25) is 9.59 Å². The summed E-state index contributed by atoms with van der Waals surface area (Å²) < 4.78 is 0.921. The normalized spacial score (nSPS) is 10.2. The number of hydrogen-bond acceptors (Lipinski definition) is 3. The summed E-state index contributed by atoms with van der Waals surface area (Å²) in [5.41, 5.74) is 2.31. The maximum atomic E-state index is 12.1. The van der Waals surface area contributed by atoms with E-state index in [0.717, 1.165) is 15.0 Å². The second-order valence-electron chi connectivity index (χ2n) is 4.67. The van der Waals surface area contributed by atoms with Crippen LogP contribution in [0.1, 0.15) is 22.8 Å². The van der Waals surface area contributed by atoms with Crippen LogP contribution in [0, 0.1) is 0 Å². The van der Waals surface area contributed by atoms with Gasteiger partial charge in [0.15, 0.2) is 0 Å². The molecule has 21 heavy (non-hydrogen) atoms. The summed E-state index contributed by atoms with van der Waals surface area (Å²) in [6.07, 6.45) is 0. The molecule has 1 aromatic heterocycles. The first-order chi connectivity index (χ1) is 9.95. The van der Waals surface area contributed by atoms with Crippen molar-refractivity contribution in [3.63, 3.8) is 0 Å². The van der Waals surface area contributed by atoms with Crippen molar-refractivity contribution < 1.29 is 9.59 Å². The highest BCUT2D eigenvalue weighted by atomic mass is 79.9. The summed E-state index contributed by atoms with van der Waals surface area (Å²) in [5.74, 6) is -0.137. The monoisotopic (exact) mass is 366 g/mol. The Bertz CT molecular complexity index is 669. The van der Waals surface area contributed by atoms with Crippen LogP contribution >= 0.6 is 27.3 Å². The number of nitrogens with zero attached hydrogens (tertiary/aromatic N) is 1. The largest absolute Gasteiger partial charge is 0.342 e. The van der Waals surface area contributed by atoms with Crippen LogP contribution < -0.4 is 5.32 Å². The Morgan fingerprint density at radius 1 is 1.33 bits per heavy atom. The molecule has 0 radical (unpaired) electrons. The van der Waals surface area contributed by atoms with Gasteiger partial charge in [-0.25, -0.2) is 0 Å². The van der Waals surface area contributed by atoms with Crippen LogP contribution in [0.15, 0.2) is 39.5 Å². The summed E-state index contributed by atoms with van der Waals surface area (Å²) in [6, 6.07) is 9.28. The zero-order chi connectivity index (χ0) is 15.4. The van der Waals surface area contributed by atoms with Gasteiger partial charge in [-0.1, -0.05) is 12.1 Å². The van der Waals surface area contributed by atoms with Gasteiger partial charge in [0.25, 0.3) is 5.91 Å². The van der Waals surface area contributed by atoms with Gasteiger partial charge < -0.3 is 10.2 Å². The van der Waals surface area contributed by atoms with Crippen LogP contribution in [0.2, 0.25) is 0 Å². The quantitative estimate of drug-likeness (QED) is 0.895. The molecule has 0 fully saturated rings. The van der Waals surface area contributed by atoms with E-state index in [4.69, 9.17) is 0 Å². The van der Waals surface area contributed by atoms with Gasteiger partial charge in [0.05, 0.1) is 9.35 Å². The lowest BCUT2D eigenvalue weighted by Crippen LogP contribution is -2.23. The molecule has 1 heterocycles. The minimum atomic E-state index is -0.144. The van der Waals surface area contributed by atoms with Crippen molar-refractivity contribution in [3.8, 4) is 0 Å². The highest BCUT2D eigenvalue weighted by molar-refractivity contribution is 9.11. The van der Waals surface area contributed by atoms with Gasteiger partial charge >= 0.3 is 0 Å². The van der Waals surface area contributed by atoms with Gasteiger partial charge in [-0.05, 0) is 39.7 Å². The summed E-state index contributed by atoms with van der Waals surface area (Å²) in [6.45, 7) is 2.04. The van der Waals surface area contributed by atoms with Crippen LogP contribution in [-0.2, 0) is 11.3 Å². The number of halogens is 1. The maximum Gasteiger partial charge on any atom is 0.256 e. The van der Waals surface area contributed by atoms with E-state index in [-0.39, 0.29) is 11.8 Å². The fourth-order valence-electron chi connectivity index (χ4n) is 1.77. The summed E-state index contributed by atoms with van der Waals surface area (Å²) in [7, 11) is 1.75. The molecule has 0 saturated heterocycles. The predicted molar refractivity (Wildman–Crippen MR) is 88.6 cm³/mol. The molecule has 0 aliphatic heterocycles. The number of anilines is 1. The molecule has 110 valence electrons. The Hall–Kier alpha value is -1.66. The Kier molecular flexibility index (Phi) is 5.14. The maximum absolute atomic E-state index is 12.1. The van der Waals surface area contributed by atoms with E-state index >= 15 is 0 Å². The van der Waals surface area contributed by atoms with E-state index in [0.29, 0.717) is 12.1 Å². The molecule has 0 bridgehead atoms. The Morgan fingerprint density at radius 3 is 2.71 bits per heavy atom. The van der Waals surface area contributed by atoms with Crippen molar-refractivity contribution >= 4 is 44.8 Å². The number of carbonyl (C=O) groups is 2. The molecule has 0 spiro atoms. The fourth-order valence-corrected chi connectivity index (χ4v) is 2.90. The highest BCUT2D eigenvalue weighted by Gasteiger charge is 2.09. The highest BCUT2D eigenvalue weighted by Crippen LogP contribution is 2.22. The summed E-state index contributed by atoms with van der Waals surface area (Å²) in [5, 5.41) is 4.66. The minimum absolute atomic E-state index is 0.00700. The van der Waals surface area contributed by atoms with Crippen molar-refractivity contribution in [3.05, 3.63) is 50.6 Å².